The van der Waals surface area contributed by atoms with Crippen LogP contribution in [0.15, 0.2) is 0 Å². The fourth-order valence-electron chi connectivity index (χ4n) is 7.25. The van der Waals surface area contributed by atoms with Crippen molar-refractivity contribution in [2.45, 2.75) is 142 Å². The minimum atomic E-state index is -4.85. The molecule has 72 heavy (non-hydrogen) atoms. The number of carbonyl (C=O) groups is 1. The van der Waals surface area contributed by atoms with Crippen LogP contribution in [0, 0.1) is 0 Å². The standard InChI is InChI=1S/C15H31O10P.C11H23O11P.C10H17O12P/c1-7-9(16)8-24-26(17,18)25-15-13(22-5)11(20-3)10(19-2)12(21-4)14(15)23-6;1-19-3-5(20-2)4-21-23(17,18)22-11-9(15)7(13)6(12)8(14)10(11)16;11-4-5(12)7(14)9(8(15)6(4)13)22-23(17,18)20-2-3-1-19-10(16)21-3/h9-16H,7-8H2,1-6H3,(H,17,18);5-16H,3-4H2,1-2H3,(H,17,18);3-9,11-15H,1-2H2,(H,17,18)/t9?,10?,11-,12+,13-,14?,15?;5-,6?,7-,8+,9-,10-,11?;/m11./s1. The molecule has 14 N–H and O–H groups in total. The molecule has 1 aliphatic heterocycles. The van der Waals surface area contributed by atoms with E-state index in [1.807, 2.05) is 0 Å². The van der Waals surface area contributed by atoms with Crippen molar-refractivity contribution in [1.82, 2.24) is 0 Å². The Balaban J connectivity index is 0.000000371. The molecule has 14 unspecified atom stereocenters. The van der Waals surface area contributed by atoms with Crippen molar-refractivity contribution < 1.29 is 159 Å². The maximum absolute atomic E-state index is 12.3. The normalized spacial score (nSPS) is 39.3. The molecule has 1 heterocycles. The summed E-state index contributed by atoms with van der Waals surface area (Å²) in [6, 6.07) is 0. The van der Waals surface area contributed by atoms with E-state index in [0.717, 1.165) is 0 Å². The molecule has 33 nitrogen and oxygen atoms in total. The minimum absolute atomic E-state index is 0.0782. The van der Waals surface area contributed by atoms with E-state index in [4.69, 9.17) is 42.2 Å². The Bertz CT molecular complexity index is 1670. The first-order valence-electron chi connectivity index (χ1n) is 21.5. The fraction of sp³-hybridized carbons (Fsp3) is 0.972. The van der Waals surface area contributed by atoms with E-state index in [1.54, 1.807) is 6.92 Å². The molecule has 428 valence electrons. The first kappa shape index (κ1) is 67.0. The number of hydrogen-bond acceptors (Lipinski definition) is 30. The highest BCUT2D eigenvalue weighted by Crippen LogP contribution is 2.50. The third-order valence-electron chi connectivity index (χ3n) is 11.3. The molecular weight excluding hydrogens is 1050 g/mol. The number of phosphoric ester groups is 3. The van der Waals surface area contributed by atoms with E-state index in [9.17, 15) is 89.3 Å². The topological polar surface area (TPSA) is 490 Å². The van der Waals surface area contributed by atoms with E-state index in [1.165, 1.54) is 49.8 Å². The molecule has 22 atom stereocenters. The van der Waals surface area contributed by atoms with Crippen molar-refractivity contribution >= 4 is 29.6 Å². The van der Waals surface area contributed by atoms with Gasteiger partial charge >= 0.3 is 29.6 Å². The minimum Gasteiger partial charge on any atom is -0.430 e. The van der Waals surface area contributed by atoms with E-state index < -0.39 is 164 Å². The van der Waals surface area contributed by atoms with Crippen molar-refractivity contribution in [1.29, 1.82) is 0 Å². The molecule has 0 amide bonds. The lowest BCUT2D eigenvalue weighted by atomic mass is 9.84. The molecular formula is C36H71O33P3. The van der Waals surface area contributed by atoms with Crippen LogP contribution >= 0.6 is 23.5 Å². The Morgan fingerprint density at radius 3 is 1.15 bits per heavy atom. The third kappa shape index (κ3) is 18.8. The van der Waals surface area contributed by atoms with Gasteiger partial charge in [-0.15, -0.1) is 0 Å². The summed E-state index contributed by atoms with van der Waals surface area (Å²) in [5.41, 5.74) is 0. The number of carbonyl (C=O) groups excluding carboxylic acids is 1. The quantitative estimate of drug-likeness (QED) is 0.0316. The second kappa shape index (κ2) is 30.7. The predicted molar refractivity (Wildman–Crippen MR) is 231 cm³/mol. The summed E-state index contributed by atoms with van der Waals surface area (Å²) >= 11 is 0. The summed E-state index contributed by atoms with van der Waals surface area (Å²) in [7, 11) is -4.12. The molecule has 1 saturated heterocycles. The van der Waals surface area contributed by atoms with Crippen molar-refractivity contribution in [3.8, 4) is 0 Å². The van der Waals surface area contributed by atoms with Crippen molar-refractivity contribution in [3.05, 3.63) is 0 Å². The predicted octanol–water partition coefficient (Wildman–Crippen LogP) is -5.84. The van der Waals surface area contributed by atoms with Gasteiger partial charge in [-0.1, -0.05) is 6.92 Å². The molecule has 0 aromatic rings. The van der Waals surface area contributed by atoms with Crippen LogP contribution in [0.5, 0.6) is 0 Å². The summed E-state index contributed by atoms with van der Waals surface area (Å²) < 4.78 is 111. The smallest absolute Gasteiger partial charge is 0.430 e. The third-order valence-corrected chi connectivity index (χ3v) is 14.3. The second-order valence-electron chi connectivity index (χ2n) is 16.1. The highest BCUT2D eigenvalue weighted by Gasteiger charge is 2.56. The number of methoxy groups -OCH3 is 7. The molecule has 0 bridgehead atoms. The van der Waals surface area contributed by atoms with E-state index >= 15 is 0 Å². The number of phosphoric acid groups is 3. The van der Waals surface area contributed by atoms with Gasteiger partial charge in [0.2, 0.25) is 0 Å². The SMILES string of the molecule is CCC(O)COP(=O)(O)OC1C(OC)[C@@H](OC)C(OC)[C@@H](OC)[C@H]1OC.COC[C@H](COP(=O)(O)OC1[C@H](O)[C@H](O)C(O)[C@H](O)[C@H]1O)OC.O=C1OCC(COP(=O)(O)OC2C(O)C(O)C(O)C(O)C2O)O1. The highest BCUT2D eigenvalue weighted by molar-refractivity contribution is 7.48. The van der Waals surface area contributed by atoms with Gasteiger partial charge in [0.1, 0.15) is 123 Å². The number of hydrogen-bond donors (Lipinski definition) is 14. The van der Waals surface area contributed by atoms with Gasteiger partial charge in [0, 0.05) is 49.8 Å². The highest BCUT2D eigenvalue weighted by atomic mass is 31.2. The van der Waals surface area contributed by atoms with Crippen molar-refractivity contribution in [2.24, 2.45) is 0 Å². The Labute approximate surface area is 412 Å². The molecule has 4 aliphatic rings. The number of rotatable bonds is 24. The zero-order chi connectivity index (χ0) is 55.1. The lowest BCUT2D eigenvalue weighted by molar-refractivity contribution is -0.249. The van der Waals surface area contributed by atoms with Crippen LogP contribution in [0.4, 0.5) is 4.79 Å². The van der Waals surface area contributed by atoms with Crippen LogP contribution in [-0.4, -0.2) is 288 Å². The van der Waals surface area contributed by atoms with Crippen LogP contribution in [0.1, 0.15) is 13.3 Å². The summed E-state index contributed by atoms with van der Waals surface area (Å²) in [4.78, 5) is 39.9. The van der Waals surface area contributed by atoms with Crippen LogP contribution in [0.2, 0.25) is 0 Å². The van der Waals surface area contributed by atoms with Gasteiger partial charge in [-0.2, -0.15) is 0 Å². The van der Waals surface area contributed by atoms with Crippen LogP contribution in [-0.2, 0) is 83.5 Å². The molecule has 0 aromatic heterocycles. The lowest BCUT2D eigenvalue weighted by Crippen LogP contribution is -2.66. The maximum atomic E-state index is 12.3. The number of aliphatic hydroxyl groups is 11. The average molecular weight is 1120 g/mol. The number of cyclic esters (lactones) is 2. The molecule has 4 fully saturated rings. The fourth-order valence-corrected chi connectivity index (χ4v) is 10.2. The summed E-state index contributed by atoms with van der Waals surface area (Å²) in [6.07, 6.45) is -30.3. The van der Waals surface area contributed by atoms with Gasteiger partial charge < -0.3 is 113 Å². The van der Waals surface area contributed by atoms with Crippen LogP contribution < -0.4 is 0 Å². The van der Waals surface area contributed by atoms with Gasteiger partial charge in [0.05, 0.1) is 32.5 Å². The lowest BCUT2D eigenvalue weighted by Gasteiger charge is -2.48. The van der Waals surface area contributed by atoms with Gasteiger partial charge in [0.15, 0.2) is 6.10 Å². The summed E-state index contributed by atoms with van der Waals surface area (Å²) in [5, 5.41) is 105. The van der Waals surface area contributed by atoms with Crippen LogP contribution in [0.3, 0.4) is 0 Å². The van der Waals surface area contributed by atoms with Gasteiger partial charge in [-0.3, -0.25) is 27.1 Å². The molecule has 4 rings (SSSR count). The first-order valence-corrected chi connectivity index (χ1v) is 26.0. The van der Waals surface area contributed by atoms with Crippen molar-refractivity contribution in [2.75, 3.05) is 82.8 Å². The second-order valence-corrected chi connectivity index (χ2v) is 20.3. The molecule has 36 heteroatoms. The van der Waals surface area contributed by atoms with Gasteiger partial charge in [-0.05, 0) is 6.42 Å². The molecule has 0 spiro atoms. The maximum Gasteiger partial charge on any atom is 0.508 e. The average Bonchev–Trinajstić information content (AvgIpc) is 3.78. The van der Waals surface area contributed by atoms with Crippen LogP contribution in [0.25, 0.3) is 0 Å². The Morgan fingerprint density at radius 1 is 0.500 bits per heavy atom. The Hall–Kier alpha value is -1.12. The number of aliphatic hydroxyl groups excluding tert-OH is 11. The largest absolute Gasteiger partial charge is 0.508 e. The summed E-state index contributed by atoms with van der Waals surface area (Å²) in [6.45, 7) is 0.314. The van der Waals surface area contributed by atoms with Gasteiger partial charge in [0.25, 0.3) is 0 Å². The van der Waals surface area contributed by atoms with E-state index in [2.05, 4.69) is 27.6 Å². The first-order chi connectivity index (χ1) is 33.6. The molecule has 3 saturated carbocycles. The number of ether oxygens (including phenoxy) is 9. The summed E-state index contributed by atoms with van der Waals surface area (Å²) in [5.74, 6) is 0. The zero-order valence-electron chi connectivity index (χ0n) is 40.2. The Morgan fingerprint density at radius 2 is 0.833 bits per heavy atom. The Kier molecular flexibility index (Phi) is 28.6. The molecule has 0 radical (unpaired) electrons. The zero-order valence-corrected chi connectivity index (χ0v) is 42.9. The molecule has 3 aliphatic carbocycles. The van der Waals surface area contributed by atoms with Gasteiger partial charge in [-0.25, -0.2) is 18.5 Å². The van der Waals surface area contributed by atoms with Crippen molar-refractivity contribution in [3.63, 3.8) is 0 Å². The van der Waals surface area contributed by atoms with E-state index in [0.29, 0.717) is 6.42 Å². The van der Waals surface area contributed by atoms with E-state index in [-0.39, 0.29) is 26.4 Å². The molecule has 0 aromatic carbocycles. The monoisotopic (exact) mass is 1120 g/mol.